The van der Waals surface area contributed by atoms with Crippen molar-refractivity contribution in [3.8, 4) is 0 Å². The topological polar surface area (TPSA) is 92.1 Å². The lowest BCUT2D eigenvalue weighted by Gasteiger charge is -2.36. The Morgan fingerprint density at radius 1 is 1.22 bits per heavy atom. The van der Waals surface area contributed by atoms with Gasteiger partial charge in [-0.3, -0.25) is 9.69 Å². The van der Waals surface area contributed by atoms with Crippen molar-refractivity contribution in [1.82, 2.24) is 14.4 Å². The number of rotatable bonds is 6. The molecule has 1 amide bonds. The molecule has 1 unspecified atom stereocenters. The average molecular weight is 375 g/mol. The number of ether oxygens (including phenoxy) is 1. The number of allylic oxidation sites excluding steroid dienone is 1. The Balaban J connectivity index is 1.59. The van der Waals surface area contributed by atoms with Gasteiger partial charge in [0.2, 0.25) is 0 Å². The maximum Gasteiger partial charge on any atom is 0.407 e. The molecular weight excluding hydrogens is 350 g/mol. The van der Waals surface area contributed by atoms with Crippen molar-refractivity contribution in [3.63, 3.8) is 0 Å². The van der Waals surface area contributed by atoms with Crippen LogP contribution in [0.2, 0.25) is 0 Å². The van der Waals surface area contributed by atoms with E-state index in [0.29, 0.717) is 44.9 Å². The molecule has 1 aliphatic heterocycles. The van der Waals surface area contributed by atoms with Crippen LogP contribution in [-0.4, -0.2) is 76.1 Å². The summed E-state index contributed by atoms with van der Waals surface area (Å²) < 4.78 is 6.64. The quantitative estimate of drug-likeness (QED) is 0.760. The molecule has 1 N–H and O–H groups in total. The van der Waals surface area contributed by atoms with Crippen LogP contribution in [0.1, 0.15) is 30.3 Å². The molecule has 1 saturated heterocycles. The minimum atomic E-state index is -0.878. The number of carboxylic acid groups (broad SMARTS) is 1. The minimum Gasteiger partial charge on any atom is -0.465 e. The summed E-state index contributed by atoms with van der Waals surface area (Å²) in [5, 5.41) is 9.04. The van der Waals surface area contributed by atoms with Gasteiger partial charge in [-0.15, -0.1) is 0 Å². The van der Waals surface area contributed by atoms with Gasteiger partial charge in [-0.25, -0.2) is 9.59 Å². The molecule has 8 heteroatoms. The van der Waals surface area contributed by atoms with E-state index >= 15 is 0 Å². The fourth-order valence-electron chi connectivity index (χ4n) is 3.67. The van der Waals surface area contributed by atoms with Crippen LogP contribution in [0, 0.1) is 0 Å². The first-order valence-electron chi connectivity index (χ1n) is 9.27. The summed E-state index contributed by atoms with van der Waals surface area (Å²) >= 11 is 0. The van der Waals surface area contributed by atoms with E-state index in [4.69, 9.17) is 9.84 Å². The lowest BCUT2D eigenvalue weighted by molar-refractivity contribution is -0.116. The molecule has 146 valence electrons. The molecule has 8 nitrogen and oxygen atoms in total. The van der Waals surface area contributed by atoms with Gasteiger partial charge in [0, 0.05) is 38.4 Å². The Labute approximate surface area is 158 Å². The van der Waals surface area contributed by atoms with E-state index in [-0.39, 0.29) is 18.4 Å². The normalized spacial score (nSPS) is 20.4. The monoisotopic (exact) mass is 375 g/mol. The Morgan fingerprint density at radius 3 is 2.63 bits per heavy atom. The molecule has 27 heavy (non-hydrogen) atoms. The van der Waals surface area contributed by atoms with Crippen molar-refractivity contribution in [1.29, 1.82) is 0 Å². The number of aromatic nitrogens is 1. The summed E-state index contributed by atoms with van der Waals surface area (Å²) in [5.74, 6) is -0.423. The number of hydrogen-bond acceptors (Lipinski definition) is 5. The van der Waals surface area contributed by atoms with Crippen LogP contribution >= 0.6 is 0 Å². The molecule has 0 radical (unpaired) electrons. The highest BCUT2D eigenvalue weighted by molar-refractivity contribution is 5.96. The second-order valence-corrected chi connectivity index (χ2v) is 6.77. The first-order valence-corrected chi connectivity index (χ1v) is 9.27. The Kier molecular flexibility index (Phi) is 5.95. The van der Waals surface area contributed by atoms with Crippen molar-refractivity contribution in [2.24, 2.45) is 0 Å². The summed E-state index contributed by atoms with van der Waals surface area (Å²) in [4.78, 5) is 39.3. The lowest BCUT2D eigenvalue weighted by atomic mass is 10.1. The highest BCUT2D eigenvalue weighted by atomic mass is 16.5. The average Bonchev–Trinajstić information content (AvgIpc) is 3.31. The fourth-order valence-corrected chi connectivity index (χ4v) is 3.67. The summed E-state index contributed by atoms with van der Waals surface area (Å²) in [5.41, 5.74) is 1.16. The third kappa shape index (κ3) is 4.39. The Hall–Kier alpha value is -2.61. The lowest BCUT2D eigenvalue weighted by Crippen LogP contribution is -2.50. The van der Waals surface area contributed by atoms with Crippen LogP contribution < -0.4 is 0 Å². The first kappa shape index (κ1) is 19.2. The molecule has 2 heterocycles. The maximum atomic E-state index is 12.7. The summed E-state index contributed by atoms with van der Waals surface area (Å²) in [6.45, 7) is 4.51. The predicted molar refractivity (Wildman–Crippen MR) is 97.7 cm³/mol. The highest BCUT2D eigenvalue weighted by Crippen LogP contribution is 2.25. The van der Waals surface area contributed by atoms with Crippen molar-refractivity contribution in [2.45, 2.75) is 32.4 Å². The van der Waals surface area contributed by atoms with Crippen molar-refractivity contribution >= 4 is 17.8 Å². The maximum absolute atomic E-state index is 12.7. The van der Waals surface area contributed by atoms with Crippen molar-refractivity contribution < 1.29 is 24.2 Å². The van der Waals surface area contributed by atoms with Gasteiger partial charge in [0.15, 0.2) is 5.78 Å². The first-order chi connectivity index (χ1) is 13.0. The molecule has 3 rings (SSSR count). The molecule has 1 aromatic heterocycles. The van der Waals surface area contributed by atoms with E-state index in [1.807, 2.05) is 6.08 Å². The number of carbonyl (C=O) groups excluding carboxylic acids is 2. The third-order valence-electron chi connectivity index (χ3n) is 5.14. The number of hydrogen-bond donors (Lipinski definition) is 1. The second kappa shape index (κ2) is 8.39. The van der Waals surface area contributed by atoms with E-state index < -0.39 is 12.1 Å². The van der Waals surface area contributed by atoms with Crippen LogP contribution in [0.3, 0.4) is 0 Å². The van der Waals surface area contributed by atoms with Crippen LogP contribution in [0.5, 0.6) is 0 Å². The minimum absolute atomic E-state index is 0.00317. The van der Waals surface area contributed by atoms with Gasteiger partial charge in [0.1, 0.15) is 5.69 Å². The summed E-state index contributed by atoms with van der Waals surface area (Å²) in [7, 11) is 0. The molecule has 0 aromatic carbocycles. The molecule has 0 saturated carbocycles. The zero-order valence-electron chi connectivity index (χ0n) is 15.5. The Morgan fingerprint density at radius 2 is 1.96 bits per heavy atom. The number of ketones is 1. The number of esters is 1. The Bertz CT molecular complexity index is 746. The standard InChI is InChI=1S/C19H25N3O5/c1-2-27-18(24)16-4-3-7-22(16)13-17(23)14-5-6-15(12-14)20-8-10-21(11-9-20)19(25)26/h3-4,7,12,15H,2,5-6,8-11,13H2,1H3,(H,25,26). The van der Waals surface area contributed by atoms with Gasteiger partial charge in [-0.1, -0.05) is 6.08 Å². The van der Waals surface area contributed by atoms with Gasteiger partial charge in [-0.05, 0) is 37.5 Å². The van der Waals surface area contributed by atoms with Crippen LogP contribution in [-0.2, 0) is 16.1 Å². The highest BCUT2D eigenvalue weighted by Gasteiger charge is 2.29. The van der Waals surface area contributed by atoms with Crippen LogP contribution in [0.25, 0.3) is 0 Å². The van der Waals surface area contributed by atoms with Gasteiger partial charge < -0.3 is 19.3 Å². The van der Waals surface area contributed by atoms with Gasteiger partial charge in [-0.2, -0.15) is 0 Å². The van der Waals surface area contributed by atoms with Crippen molar-refractivity contribution in [2.75, 3.05) is 32.8 Å². The van der Waals surface area contributed by atoms with Gasteiger partial charge in [0.25, 0.3) is 0 Å². The molecule has 2 aliphatic rings. The number of amides is 1. The second-order valence-electron chi connectivity index (χ2n) is 6.77. The van der Waals surface area contributed by atoms with Gasteiger partial charge in [0.05, 0.1) is 13.2 Å². The van der Waals surface area contributed by atoms with Gasteiger partial charge >= 0.3 is 12.1 Å². The van der Waals surface area contributed by atoms with Crippen LogP contribution in [0.4, 0.5) is 4.79 Å². The van der Waals surface area contributed by atoms with Crippen LogP contribution in [0.15, 0.2) is 30.0 Å². The number of piperazine rings is 1. The molecule has 0 bridgehead atoms. The largest absolute Gasteiger partial charge is 0.465 e. The summed E-state index contributed by atoms with van der Waals surface area (Å²) in [6, 6.07) is 3.56. The number of carbonyl (C=O) groups is 3. The van der Waals surface area contributed by atoms with E-state index in [2.05, 4.69) is 4.90 Å². The molecule has 1 aromatic rings. The molecule has 1 aliphatic carbocycles. The zero-order chi connectivity index (χ0) is 19.4. The van der Waals surface area contributed by atoms with E-state index in [0.717, 1.165) is 12.0 Å². The van der Waals surface area contributed by atoms with E-state index in [9.17, 15) is 14.4 Å². The smallest absolute Gasteiger partial charge is 0.407 e. The fraction of sp³-hybridized carbons (Fsp3) is 0.526. The van der Waals surface area contributed by atoms with E-state index in [1.165, 1.54) is 4.90 Å². The van der Waals surface area contributed by atoms with Crippen molar-refractivity contribution in [3.05, 3.63) is 35.7 Å². The molecule has 1 atom stereocenters. The van der Waals surface area contributed by atoms with E-state index in [1.54, 1.807) is 29.8 Å². The SMILES string of the molecule is CCOC(=O)c1cccn1CC(=O)C1=CC(N2CCN(C(=O)O)CC2)CC1. The predicted octanol–water partition coefficient (Wildman–Crippen LogP) is 1.62. The molecule has 1 fully saturated rings. The number of Topliss-reactive ketones (excluding diaryl/α,β-unsaturated/α-hetero) is 1. The summed E-state index contributed by atoms with van der Waals surface area (Å²) in [6.07, 6.45) is 4.41. The molecular formula is C19H25N3O5. The zero-order valence-corrected chi connectivity index (χ0v) is 15.5. The molecule has 0 spiro atoms. The number of nitrogens with zero attached hydrogens (tertiary/aromatic N) is 3. The third-order valence-corrected chi connectivity index (χ3v) is 5.14.